The lowest BCUT2D eigenvalue weighted by atomic mass is 10.1. The highest BCUT2D eigenvalue weighted by atomic mass is 35.5. The van der Waals surface area contributed by atoms with Crippen LogP contribution < -0.4 is 0 Å². The lowest BCUT2D eigenvalue weighted by Crippen LogP contribution is -2.11. The first kappa shape index (κ1) is 11.0. The van der Waals surface area contributed by atoms with Gasteiger partial charge in [-0.25, -0.2) is 0 Å². The van der Waals surface area contributed by atoms with Gasteiger partial charge in [0.2, 0.25) is 0 Å². The number of carbonyl (C=O) groups excluding carboxylic acids is 1. The number of rotatable bonds is 2. The summed E-state index contributed by atoms with van der Waals surface area (Å²) in [6.45, 7) is 1.64. The van der Waals surface area contributed by atoms with Crippen molar-refractivity contribution in [1.82, 2.24) is 0 Å². The van der Waals surface area contributed by atoms with Crippen LogP contribution in [0.3, 0.4) is 0 Å². The molecular weight excluding hydrogens is 224 g/mol. The summed E-state index contributed by atoms with van der Waals surface area (Å²) in [5.74, 6) is -0.123. The van der Waals surface area contributed by atoms with Gasteiger partial charge in [0.1, 0.15) is 0 Å². The van der Waals surface area contributed by atoms with Crippen molar-refractivity contribution in [3.8, 4) is 0 Å². The van der Waals surface area contributed by atoms with Gasteiger partial charge in [-0.3, -0.25) is 4.79 Å². The molecule has 0 saturated heterocycles. The number of alkyl halides is 1. The van der Waals surface area contributed by atoms with E-state index in [0.717, 1.165) is 0 Å². The van der Waals surface area contributed by atoms with E-state index in [1.807, 2.05) is 0 Å². The molecule has 0 aliphatic heterocycles. The summed E-state index contributed by atoms with van der Waals surface area (Å²) >= 11 is 14.0. The van der Waals surface area contributed by atoms with Gasteiger partial charge in [0.15, 0.2) is 5.78 Å². The molecular formula is C9H9ClOS2. The van der Waals surface area contributed by atoms with Crippen LogP contribution in [0.25, 0.3) is 0 Å². The van der Waals surface area contributed by atoms with Gasteiger partial charge in [-0.2, -0.15) is 0 Å². The second-order valence-corrected chi connectivity index (χ2v) is 4.24. The molecule has 0 heterocycles. The molecule has 1 atom stereocenters. The predicted octanol–water partition coefficient (Wildman–Crippen LogP) is 3.07. The first-order chi connectivity index (χ1) is 6.04. The van der Waals surface area contributed by atoms with Gasteiger partial charge in [-0.1, -0.05) is 12.1 Å². The zero-order valence-electron chi connectivity index (χ0n) is 6.99. The third-order valence-electron chi connectivity index (χ3n) is 1.64. The fraction of sp³-hybridized carbons (Fsp3) is 0.222. The first-order valence-electron chi connectivity index (χ1n) is 3.73. The zero-order valence-corrected chi connectivity index (χ0v) is 9.53. The van der Waals surface area contributed by atoms with Crippen molar-refractivity contribution < 1.29 is 4.79 Å². The molecule has 0 aliphatic carbocycles. The molecule has 1 aromatic carbocycles. The van der Waals surface area contributed by atoms with Crippen LogP contribution in [0.2, 0.25) is 0 Å². The number of hydrogen-bond donors (Lipinski definition) is 2. The predicted molar refractivity (Wildman–Crippen MR) is 60.6 cm³/mol. The smallest absolute Gasteiger partial charge is 0.181 e. The molecule has 0 aliphatic rings. The Balaban J connectivity index is 3.15. The molecule has 1 unspecified atom stereocenters. The maximum atomic E-state index is 11.5. The quantitative estimate of drug-likeness (QED) is 0.455. The fourth-order valence-electron chi connectivity index (χ4n) is 0.944. The summed E-state index contributed by atoms with van der Waals surface area (Å²) in [7, 11) is 0. The van der Waals surface area contributed by atoms with Gasteiger partial charge >= 0.3 is 0 Å². The van der Waals surface area contributed by atoms with Crippen LogP contribution in [-0.2, 0) is 0 Å². The fourth-order valence-corrected chi connectivity index (χ4v) is 1.53. The minimum absolute atomic E-state index is 0.123. The van der Waals surface area contributed by atoms with Crippen molar-refractivity contribution in [2.75, 3.05) is 0 Å². The van der Waals surface area contributed by atoms with Crippen molar-refractivity contribution in [3.05, 3.63) is 23.8 Å². The molecule has 0 saturated carbocycles. The second-order valence-electron chi connectivity index (χ2n) is 2.65. The van der Waals surface area contributed by atoms with Crippen molar-refractivity contribution in [2.24, 2.45) is 0 Å². The minimum Gasteiger partial charge on any atom is -0.292 e. The van der Waals surface area contributed by atoms with Crippen LogP contribution >= 0.6 is 36.9 Å². The van der Waals surface area contributed by atoms with Crippen LogP contribution in [0.15, 0.2) is 28.0 Å². The van der Waals surface area contributed by atoms with E-state index in [0.29, 0.717) is 15.4 Å². The Morgan fingerprint density at radius 2 is 2.08 bits per heavy atom. The lowest BCUT2D eigenvalue weighted by molar-refractivity contribution is 0.0988. The maximum Gasteiger partial charge on any atom is 0.181 e. The second kappa shape index (κ2) is 4.40. The van der Waals surface area contributed by atoms with E-state index in [9.17, 15) is 4.79 Å². The highest BCUT2D eigenvalue weighted by molar-refractivity contribution is 7.83. The molecule has 4 heteroatoms. The molecule has 1 aromatic rings. The van der Waals surface area contributed by atoms with Gasteiger partial charge in [0.05, 0.1) is 5.38 Å². The van der Waals surface area contributed by atoms with E-state index in [2.05, 4.69) is 25.3 Å². The third-order valence-corrected chi connectivity index (χ3v) is 2.87. The highest BCUT2D eigenvalue weighted by Crippen LogP contribution is 2.24. The molecule has 0 fully saturated rings. The van der Waals surface area contributed by atoms with E-state index >= 15 is 0 Å². The Kier molecular flexibility index (Phi) is 3.71. The normalized spacial score (nSPS) is 12.6. The van der Waals surface area contributed by atoms with Gasteiger partial charge in [-0.05, 0) is 13.0 Å². The summed E-state index contributed by atoms with van der Waals surface area (Å²) in [4.78, 5) is 12.8. The molecule has 0 bridgehead atoms. The number of thiol groups is 2. The van der Waals surface area contributed by atoms with Gasteiger partial charge in [0, 0.05) is 15.4 Å². The average molecular weight is 233 g/mol. The number of hydrogen-bond acceptors (Lipinski definition) is 3. The van der Waals surface area contributed by atoms with Crippen molar-refractivity contribution >= 4 is 42.6 Å². The standard InChI is InChI=1S/C9H9ClOS2/c1-5(10)8(11)6-3-2-4-7(12)9(6)13/h2-5,12-13H,1H3. The number of benzene rings is 1. The molecule has 1 nitrogen and oxygen atoms in total. The number of halogens is 1. The molecule has 0 spiro atoms. The monoisotopic (exact) mass is 232 g/mol. The van der Waals surface area contributed by atoms with Crippen LogP contribution in [0, 0.1) is 0 Å². The maximum absolute atomic E-state index is 11.5. The first-order valence-corrected chi connectivity index (χ1v) is 5.06. The van der Waals surface area contributed by atoms with E-state index in [4.69, 9.17) is 11.6 Å². The van der Waals surface area contributed by atoms with Crippen LogP contribution in [0.4, 0.5) is 0 Å². The molecule has 13 heavy (non-hydrogen) atoms. The molecule has 0 N–H and O–H groups in total. The molecule has 0 radical (unpaired) electrons. The van der Waals surface area contributed by atoms with Crippen molar-refractivity contribution in [1.29, 1.82) is 0 Å². The number of Topliss-reactive ketones (excluding diaryl/α,β-unsaturated/α-hetero) is 1. The summed E-state index contributed by atoms with van der Waals surface area (Å²) in [5.41, 5.74) is 0.526. The van der Waals surface area contributed by atoms with E-state index in [-0.39, 0.29) is 5.78 Å². The van der Waals surface area contributed by atoms with Gasteiger partial charge in [-0.15, -0.1) is 36.9 Å². The molecule has 0 aromatic heterocycles. The van der Waals surface area contributed by atoms with E-state index < -0.39 is 5.38 Å². The van der Waals surface area contributed by atoms with Crippen LogP contribution in [0.5, 0.6) is 0 Å². The van der Waals surface area contributed by atoms with Crippen LogP contribution in [-0.4, -0.2) is 11.2 Å². The Labute approximate surface area is 93.3 Å². The largest absolute Gasteiger partial charge is 0.292 e. The van der Waals surface area contributed by atoms with Gasteiger partial charge in [0.25, 0.3) is 0 Å². The highest BCUT2D eigenvalue weighted by Gasteiger charge is 2.15. The van der Waals surface area contributed by atoms with E-state index in [1.54, 1.807) is 25.1 Å². The zero-order chi connectivity index (χ0) is 10.0. The summed E-state index contributed by atoms with van der Waals surface area (Å²) in [5, 5.41) is -0.527. The van der Waals surface area contributed by atoms with E-state index in [1.165, 1.54) is 0 Å². The van der Waals surface area contributed by atoms with Crippen LogP contribution in [0.1, 0.15) is 17.3 Å². The van der Waals surface area contributed by atoms with Crippen molar-refractivity contribution in [3.63, 3.8) is 0 Å². The van der Waals surface area contributed by atoms with Crippen molar-refractivity contribution in [2.45, 2.75) is 22.1 Å². The SMILES string of the molecule is CC(Cl)C(=O)c1cccc(S)c1S. The summed E-state index contributed by atoms with van der Waals surface area (Å²) in [6.07, 6.45) is 0. The Morgan fingerprint density at radius 1 is 1.46 bits per heavy atom. The number of ketones is 1. The Morgan fingerprint density at radius 3 is 2.62 bits per heavy atom. The Hall–Kier alpha value is -0.120. The minimum atomic E-state index is -0.527. The average Bonchev–Trinajstić information content (AvgIpc) is 2.08. The molecule has 70 valence electrons. The summed E-state index contributed by atoms with van der Waals surface area (Å²) < 4.78 is 0. The Bertz CT molecular complexity index is 336. The topological polar surface area (TPSA) is 17.1 Å². The van der Waals surface area contributed by atoms with Gasteiger partial charge < -0.3 is 0 Å². The molecule has 0 amide bonds. The number of carbonyl (C=O) groups is 1. The third kappa shape index (κ3) is 2.42. The lowest BCUT2D eigenvalue weighted by Gasteiger charge is -2.06. The summed E-state index contributed by atoms with van der Waals surface area (Å²) in [6, 6.07) is 5.24. The molecule has 1 rings (SSSR count).